The first-order chi connectivity index (χ1) is 8.97. The van der Waals surface area contributed by atoms with E-state index < -0.39 is 17.6 Å². The van der Waals surface area contributed by atoms with Crippen LogP contribution in [0.3, 0.4) is 0 Å². The Morgan fingerprint density at radius 3 is 2.55 bits per heavy atom. The lowest BCUT2D eigenvalue weighted by atomic mass is 10.1. The minimum absolute atomic E-state index is 0. The monoisotopic (exact) mass is 341 g/mol. The molecule has 0 saturated heterocycles. The van der Waals surface area contributed by atoms with E-state index in [0.29, 0.717) is 12.1 Å². The fourth-order valence-corrected chi connectivity index (χ4v) is 1.73. The number of rotatable bonds is 4. The van der Waals surface area contributed by atoms with E-state index in [-0.39, 0.29) is 22.5 Å². The van der Waals surface area contributed by atoms with Gasteiger partial charge in [-0.25, -0.2) is 23.7 Å². The normalized spacial score (nSPS) is 9.85. The highest BCUT2D eigenvalue weighted by atomic mass is 79.9. The molecule has 2 heterocycles. The van der Waals surface area contributed by atoms with Gasteiger partial charge in [0.2, 0.25) is 6.33 Å². The number of aromatic carboxylic acids is 2. The van der Waals surface area contributed by atoms with Crippen molar-refractivity contribution >= 4 is 11.9 Å². The quantitative estimate of drug-likeness (QED) is 0.584. The Morgan fingerprint density at radius 2 is 2.05 bits per heavy atom. The Kier molecular flexibility index (Phi) is 4.98. The number of hydrogen-bond acceptors (Lipinski definition) is 3. The van der Waals surface area contributed by atoms with Crippen LogP contribution >= 0.6 is 0 Å². The van der Waals surface area contributed by atoms with Crippen LogP contribution < -0.4 is 21.5 Å². The predicted molar refractivity (Wildman–Crippen MR) is 62.9 cm³/mol. The van der Waals surface area contributed by atoms with Crippen LogP contribution in [0.25, 0.3) is 0 Å². The Labute approximate surface area is 124 Å². The molecule has 2 aromatic rings. The van der Waals surface area contributed by atoms with Crippen LogP contribution in [0, 0.1) is 0 Å². The van der Waals surface area contributed by atoms with E-state index in [1.807, 2.05) is 34.9 Å². The summed E-state index contributed by atoms with van der Waals surface area (Å²) in [5.41, 5.74) is -0.130. The summed E-state index contributed by atoms with van der Waals surface area (Å²) in [6, 6.07) is 1.33. The smallest absolute Gasteiger partial charge is 0.355 e. The molecule has 0 aliphatic heterocycles. The van der Waals surface area contributed by atoms with Crippen LogP contribution in [0.15, 0.2) is 31.0 Å². The first-order valence-corrected chi connectivity index (χ1v) is 5.44. The van der Waals surface area contributed by atoms with Gasteiger partial charge in [0.1, 0.15) is 18.9 Å². The molecule has 0 aliphatic carbocycles. The van der Waals surface area contributed by atoms with E-state index >= 15 is 0 Å². The van der Waals surface area contributed by atoms with Crippen molar-refractivity contribution in [3.63, 3.8) is 0 Å². The molecule has 20 heavy (non-hydrogen) atoms. The summed E-state index contributed by atoms with van der Waals surface area (Å²) in [6.07, 6.45) is 6.87. The van der Waals surface area contributed by atoms with Gasteiger partial charge in [0.05, 0.1) is 12.6 Å². The van der Waals surface area contributed by atoms with Gasteiger partial charge in [-0.2, -0.15) is 0 Å². The molecular formula is C12H12BrN3O4. The van der Waals surface area contributed by atoms with Gasteiger partial charge < -0.3 is 27.2 Å². The molecule has 0 spiro atoms. The highest BCUT2D eigenvalue weighted by molar-refractivity contribution is 6.00. The molecule has 0 amide bonds. The summed E-state index contributed by atoms with van der Waals surface area (Å²) in [5, 5.41) is 17.9. The standard InChI is InChI=1S/C12H11N3O4.BrH/c1-14-2-3-15(7-14)6-8-4-9(11(16)17)10(12(18)19)13-5-8;/h2-5,7H,6H2,1H3,(H-,16,17,18,19);1H. The topological polar surface area (TPSA) is 96.3 Å². The maximum Gasteiger partial charge on any atom is 0.355 e. The van der Waals surface area contributed by atoms with Crippen LogP contribution in [-0.2, 0) is 13.6 Å². The zero-order valence-electron chi connectivity index (χ0n) is 10.5. The second kappa shape index (κ2) is 6.29. The molecule has 0 saturated carbocycles. The molecule has 106 valence electrons. The van der Waals surface area contributed by atoms with E-state index in [0.717, 1.165) is 0 Å². The van der Waals surface area contributed by atoms with Gasteiger partial charge in [0.15, 0.2) is 5.69 Å². The van der Waals surface area contributed by atoms with Crippen LogP contribution in [0.1, 0.15) is 26.4 Å². The number of pyridine rings is 1. The van der Waals surface area contributed by atoms with Gasteiger partial charge >= 0.3 is 11.9 Å². The van der Waals surface area contributed by atoms with Crippen molar-refractivity contribution in [3.8, 4) is 0 Å². The number of nitrogens with zero attached hydrogens (tertiary/aromatic N) is 3. The first kappa shape index (κ1) is 15.8. The highest BCUT2D eigenvalue weighted by Gasteiger charge is 2.18. The summed E-state index contributed by atoms with van der Waals surface area (Å²) >= 11 is 0. The van der Waals surface area contributed by atoms with Crippen molar-refractivity contribution in [2.45, 2.75) is 6.54 Å². The SMILES string of the molecule is Cn1cc[n+](Cc2cnc(C(=O)O)c(C(=O)O)c2)c1.[Br-]. The predicted octanol–water partition coefficient (Wildman–Crippen LogP) is -2.84. The first-order valence-electron chi connectivity index (χ1n) is 5.44. The van der Waals surface area contributed by atoms with Crippen molar-refractivity contribution < 1.29 is 41.4 Å². The zero-order valence-corrected chi connectivity index (χ0v) is 12.1. The number of hydrogen-bond donors (Lipinski definition) is 2. The molecular weight excluding hydrogens is 330 g/mol. The third-order valence-electron chi connectivity index (χ3n) is 2.57. The molecule has 0 unspecified atom stereocenters. The van der Waals surface area contributed by atoms with Gasteiger partial charge in [0.25, 0.3) is 0 Å². The third-order valence-corrected chi connectivity index (χ3v) is 2.57. The van der Waals surface area contributed by atoms with E-state index in [1.54, 1.807) is 0 Å². The molecule has 0 atom stereocenters. The van der Waals surface area contributed by atoms with Gasteiger partial charge in [0, 0.05) is 11.8 Å². The maximum atomic E-state index is 11.0. The minimum atomic E-state index is -1.35. The second-order valence-electron chi connectivity index (χ2n) is 4.10. The minimum Gasteiger partial charge on any atom is -1.00 e. The number of carbonyl (C=O) groups is 2. The summed E-state index contributed by atoms with van der Waals surface area (Å²) in [7, 11) is 1.87. The average Bonchev–Trinajstić information content (AvgIpc) is 2.74. The van der Waals surface area contributed by atoms with Gasteiger partial charge in [-0.05, 0) is 6.07 Å². The van der Waals surface area contributed by atoms with E-state index in [1.165, 1.54) is 12.3 Å². The van der Waals surface area contributed by atoms with Crippen molar-refractivity contribution in [1.29, 1.82) is 0 Å². The fraction of sp³-hybridized carbons (Fsp3) is 0.167. The van der Waals surface area contributed by atoms with Crippen LogP contribution in [-0.4, -0.2) is 31.7 Å². The molecule has 8 heteroatoms. The maximum absolute atomic E-state index is 11.0. The molecule has 0 radical (unpaired) electrons. The van der Waals surface area contributed by atoms with Gasteiger partial charge in [-0.3, -0.25) is 0 Å². The highest BCUT2D eigenvalue weighted by Crippen LogP contribution is 2.09. The van der Waals surface area contributed by atoms with E-state index in [9.17, 15) is 9.59 Å². The number of carboxylic acids is 2. The second-order valence-corrected chi connectivity index (χ2v) is 4.10. The number of imidazole rings is 1. The Balaban J connectivity index is 0.00000200. The zero-order chi connectivity index (χ0) is 14.0. The lowest BCUT2D eigenvalue weighted by Crippen LogP contribution is -3.00. The van der Waals surface area contributed by atoms with Crippen molar-refractivity contribution in [3.05, 3.63) is 47.8 Å². The number of carboxylic acid groups (broad SMARTS) is 2. The number of aromatic nitrogens is 3. The van der Waals surface area contributed by atoms with Crippen molar-refractivity contribution in [1.82, 2.24) is 9.55 Å². The molecule has 2 aromatic heterocycles. The van der Waals surface area contributed by atoms with Crippen LogP contribution in [0.5, 0.6) is 0 Å². The summed E-state index contributed by atoms with van der Waals surface area (Å²) in [4.78, 5) is 25.6. The number of aryl methyl sites for hydroxylation is 1. The summed E-state index contributed by atoms with van der Waals surface area (Å²) < 4.78 is 3.68. The van der Waals surface area contributed by atoms with E-state index in [4.69, 9.17) is 10.2 Å². The lowest BCUT2D eigenvalue weighted by Gasteiger charge is -2.03. The molecule has 0 aromatic carbocycles. The Hall–Kier alpha value is -2.22. The number of halogens is 1. The van der Waals surface area contributed by atoms with Crippen LogP contribution in [0.4, 0.5) is 0 Å². The average molecular weight is 342 g/mol. The molecule has 0 aliphatic rings. The van der Waals surface area contributed by atoms with Crippen molar-refractivity contribution in [2.75, 3.05) is 0 Å². The Bertz CT molecular complexity index is 654. The van der Waals surface area contributed by atoms with Crippen LogP contribution in [0.2, 0.25) is 0 Å². The Morgan fingerprint density at radius 1 is 1.35 bits per heavy atom. The van der Waals surface area contributed by atoms with Crippen molar-refractivity contribution in [2.24, 2.45) is 7.05 Å². The van der Waals surface area contributed by atoms with Gasteiger partial charge in [-0.1, -0.05) is 0 Å². The molecule has 0 bridgehead atoms. The molecule has 7 nitrogen and oxygen atoms in total. The fourth-order valence-electron chi connectivity index (χ4n) is 1.73. The largest absolute Gasteiger partial charge is 1.00 e. The third kappa shape index (κ3) is 3.41. The lowest BCUT2D eigenvalue weighted by molar-refractivity contribution is -0.687. The molecule has 2 rings (SSSR count). The molecule has 0 fully saturated rings. The van der Waals surface area contributed by atoms with Gasteiger partial charge in [-0.15, -0.1) is 0 Å². The van der Waals surface area contributed by atoms with E-state index in [2.05, 4.69) is 4.98 Å². The summed E-state index contributed by atoms with van der Waals surface area (Å²) in [6.45, 7) is 0.425. The summed E-state index contributed by atoms with van der Waals surface area (Å²) in [5.74, 6) is -2.65. The molecule has 2 N–H and O–H groups in total.